The van der Waals surface area contributed by atoms with Crippen molar-refractivity contribution in [1.82, 2.24) is 10.6 Å². The van der Waals surface area contributed by atoms with Crippen LogP contribution in [-0.4, -0.2) is 23.3 Å². The summed E-state index contributed by atoms with van der Waals surface area (Å²) in [6.07, 6.45) is -15.4. The van der Waals surface area contributed by atoms with E-state index in [1.54, 1.807) is 5.32 Å². The fraction of sp³-hybridized carbons (Fsp3) is 0.448. The van der Waals surface area contributed by atoms with Crippen LogP contribution in [0, 0.1) is 5.92 Å². The zero-order chi connectivity index (χ0) is 34.2. The summed E-state index contributed by atoms with van der Waals surface area (Å²) in [6, 6.07) is 1.95. The molecule has 0 bridgehead atoms. The fourth-order valence-corrected chi connectivity index (χ4v) is 2.90. The number of alkyl halides is 9. The molecule has 5 nitrogen and oxygen atoms in total. The molecule has 2 rings (SSSR count). The molecule has 244 valence electrons. The Hall–Kier alpha value is -3.71. The molecule has 0 saturated heterocycles. The standard InChI is InChI=1S/C21H15F9N2O3.C4H10.2C2H6/c22-19(23,24)14-3-1-2-12(9-14)17(21(28,29)30)32-16(33)7-5-11-4-6-13(10-31-18(34)35)15(8-11)20(25,26)27;1-4(2)3;2*1-2/h1-9,17,31H,10H2,(H,32,33)(H,34,35);4H,1-3H3;2*1-2H3/b7-5+;;;. The molecule has 1 unspecified atom stereocenters. The van der Waals surface area contributed by atoms with Crippen molar-refractivity contribution in [2.24, 2.45) is 5.92 Å². The molecule has 0 heterocycles. The van der Waals surface area contributed by atoms with Gasteiger partial charge in [-0.25, -0.2) is 4.79 Å². The topological polar surface area (TPSA) is 78.4 Å². The molecular formula is C29H37F9N2O3. The van der Waals surface area contributed by atoms with Crippen molar-refractivity contribution in [1.29, 1.82) is 0 Å². The summed E-state index contributed by atoms with van der Waals surface area (Å²) in [4.78, 5) is 22.6. The number of carbonyl (C=O) groups excluding carboxylic acids is 1. The minimum Gasteiger partial charge on any atom is -0.465 e. The Balaban J connectivity index is 0. The summed E-state index contributed by atoms with van der Waals surface area (Å²) in [5.41, 5.74) is -4.21. The number of rotatable bonds is 6. The molecule has 14 heteroatoms. The minimum absolute atomic E-state index is 0.224. The van der Waals surface area contributed by atoms with Gasteiger partial charge in [0.25, 0.3) is 0 Å². The molecule has 0 spiro atoms. The Morgan fingerprint density at radius 2 is 1.37 bits per heavy atom. The smallest absolute Gasteiger partial charge is 0.416 e. The molecule has 43 heavy (non-hydrogen) atoms. The van der Waals surface area contributed by atoms with E-state index in [1.807, 2.05) is 27.7 Å². The van der Waals surface area contributed by atoms with Crippen molar-refractivity contribution < 1.29 is 54.2 Å². The van der Waals surface area contributed by atoms with Crippen LogP contribution in [0.3, 0.4) is 0 Å². The highest BCUT2D eigenvalue weighted by atomic mass is 19.4. The summed E-state index contributed by atoms with van der Waals surface area (Å²) in [7, 11) is 0. The van der Waals surface area contributed by atoms with Crippen LogP contribution in [0.5, 0.6) is 0 Å². The first kappa shape index (κ1) is 41.4. The van der Waals surface area contributed by atoms with Crippen molar-refractivity contribution in [2.45, 2.75) is 79.6 Å². The molecular weight excluding hydrogens is 595 g/mol. The first-order valence-corrected chi connectivity index (χ1v) is 13.1. The Kier molecular flexibility index (Phi) is 18.1. The number of hydrogen-bond donors (Lipinski definition) is 3. The largest absolute Gasteiger partial charge is 0.465 e. The summed E-state index contributed by atoms with van der Waals surface area (Å²) in [5, 5.41) is 11.8. The summed E-state index contributed by atoms with van der Waals surface area (Å²) >= 11 is 0. The average molecular weight is 633 g/mol. The van der Waals surface area contributed by atoms with Crippen molar-refractivity contribution in [3.8, 4) is 0 Å². The quantitative estimate of drug-likeness (QED) is 0.219. The van der Waals surface area contributed by atoms with Crippen LogP contribution in [0.4, 0.5) is 44.3 Å². The van der Waals surface area contributed by atoms with E-state index < -0.39 is 65.4 Å². The molecule has 0 aliphatic carbocycles. The van der Waals surface area contributed by atoms with E-state index in [1.165, 1.54) is 5.32 Å². The van der Waals surface area contributed by atoms with Crippen LogP contribution in [0.15, 0.2) is 48.5 Å². The summed E-state index contributed by atoms with van der Waals surface area (Å²) < 4.78 is 119. The van der Waals surface area contributed by atoms with Gasteiger partial charge in [-0.15, -0.1) is 0 Å². The van der Waals surface area contributed by atoms with Crippen LogP contribution in [-0.2, 0) is 23.7 Å². The van der Waals surface area contributed by atoms with E-state index >= 15 is 0 Å². The summed E-state index contributed by atoms with van der Waals surface area (Å²) in [5.74, 6) is -0.602. The number of carbonyl (C=O) groups is 2. The summed E-state index contributed by atoms with van der Waals surface area (Å²) in [6.45, 7) is 13.8. The maximum Gasteiger partial charge on any atom is 0.416 e. The number of halogens is 9. The van der Waals surface area contributed by atoms with E-state index in [2.05, 4.69) is 20.8 Å². The molecule has 3 N–H and O–H groups in total. The van der Waals surface area contributed by atoms with Crippen LogP contribution >= 0.6 is 0 Å². The molecule has 2 aromatic carbocycles. The number of nitrogens with one attached hydrogen (secondary N) is 2. The van der Waals surface area contributed by atoms with Gasteiger partial charge in [-0.1, -0.05) is 72.7 Å². The maximum absolute atomic E-state index is 13.4. The predicted molar refractivity (Wildman–Crippen MR) is 147 cm³/mol. The molecule has 0 saturated carbocycles. The third-order valence-corrected chi connectivity index (χ3v) is 4.46. The third-order valence-electron chi connectivity index (χ3n) is 4.46. The number of benzene rings is 2. The molecule has 1 atom stereocenters. The highest BCUT2D eigenvalue weighted by Crippen LogP contribution is 2.36. The Morgan fingerprint density at radius 3 is 1.81 bits per heavy atom. The zero-order valence-corrected chi connectivity index (χ0v) is 24.7. The normalized spacial score (nSPS) is 12.1. The van der Waals surface area contributed by atoms with Gasteiger partial charge in [0.2, 0.25) is 5.91 Å². The number of hydrogen-bond acceptors (Lipinski definition) is 2. The van der Waals surface area contributed by atoms with Crippen molar-refractivity contribution in [3.63, 3.8) is 0 Å². The second-order valence-corrected chi connectivity index (χ2v) is 8.74. The van der Waals surface area contributed by atoms with Crippen molar-refractivity contribution in [3.05, 3.63) is 76.4 Å². The van der Waals surface area contributed by atoms with Crippen LogP contribution in [0.2, 0.25) is 0 Å². The van der Waals surface area contributed by atoms with Gasteiger partial charge >= 0.3 is 24.6 Å². The number of carboxylic acid groups (broad SMARTS) is 1. The Bertz CT molecular complexity index is 1150. The molecule has 2 aromatic rings. The maximum atomic E-state index is 13.4. The molecule has 0 aliphatic heterocycles. The second-order valence-electron chi connectivity index (χ2n) is 8.74. The first-order chi connectivity index (χ1) is 19.7. The first-order valence-electron chi connectivity index (χ1n) is 13.1. The second kappa shape index (κ2) is 18.7. The van der Waals surface area contributed by atoms with Gasteiger partial charge in [-0.3, -0.25) is 4.79 Å². The van der Waals surface area contributed by atoms with Crippen LogP contribution in [0.25, 0.3) is 6.08 Å². The highest BCUT2D eigenvalue weighted by molar-refractivity contribution is 5.92. The Morgan fingerprint density at radius 1 is 0.837 bits per heavy atom. The zero-order valence-electron chi connectivity index (χ0n) is 24.7. The van der Waals surface area contributed by atoms with E-state index in [0.29, 0.717) is 18.2 Å². The molecule has 0 aromatic heterocycles. The van der Waals surface area contributed by atoms with Crippen molar-refractivity contribution >= 4 is 18.1 Å². The van der Waals surface area contributed by atoms with Crippen molar-refractivity contribution in [2.75, 3.05) is 0 Å². The van der Waals surface area contributed by atoms with E-state index in [0.717, 1.165) is 36.3 Å². The van der Waals surface area contributed by atoms with Gasteiger partial charge in [0, 0.05) is 12.6 Å². The lowest BCUT2D eigenvalue weighted by molar-refractivity contribution is -0.162. The Labute approximate surface area is 245 Å². The monoisotopic (exact) mass is 632 g/mol. The molecule has 0 aliphatic rings. The van der Waals surface area contributed by atoms with Gasteiger partial charge in [0.05, 0.1) is 11.1 Å². The molecule has 0 fully saturated rings. The lowest BCUT2D eigenvalue weighted by atomic mass is 10.0. The van der Waals surface area contributed by atoms with Crippen LogP contribution < -0.4 is 10.6 Å². The van der Waals surface area contributed by atoms with E-state index in [4.69, 9.17) is 5.11 Å². The van der Waals surface area contributed by atoms with Gasteiger partial charge in [-0.05, 0) is 46.9 Å². The molecule has 0 radical (unpaired) electrons. The average Bonchev–Trinajstić information content (AvgIpc) is 2.90. The predicted octanol–water partition coefficient (Wildman–Crippen LogP) is 9.64. The third kappa shape index (κ3) is 16.5. The molecule has 2 amide bonds. The highest BCUT2D eigenvalue weighted by Gasteiger charge is 2.42. The van der Waals surface area contributed by atoms with Crippen LogP contribution in [0.1, 0.15) is 82.3 Å². The van der Waals surface area contributed by atoms with Gasteiger partial charge in [0.1, 0.15) is 0 Å². The van der Waals surface area contributed by atoms with Gasteiger partial charge in [-0.2, -0.15) is 39.5 Å². The fourth-order valence-electron chi connectivity index (χ4n) is 2.90. The van der Waals surface area contributed by atoms with E-state index in [9.17, 15) is 49.1 Å². The van der Waals surface area contributed by atoms with Gasteiger partial charge < -0.3 is 15.7 Å². The lowest BCUT2D eigenvalue weighted by Crippen LogP contribution is -2.37. The SMILES string of the molecule is CC.CC.CC(C)C.O=C(O)NCc1ccc(/C=C/C(=O)NC(c2cccc(C(F)(F)F)c2)C(F)(F)F)cc1C(F)(F)F. The van der Waals surface area contributed by atoms with E-state index in [-0.39, 0.29) is 11.6 Å². The lowest BCUT2D eigenvalue weighted by Gasteiger charge is -2.22. The minimum atomic E-state index is -5.18. The number of amides is 2. The van der Waals surface area contributed by atoms with Gasteiger partial charge in [0.15, 0.2) is 6.04 Å².